The lowest BCUT2D eigenvalue weighted by Gasteiger charge is -2.10. The van der Waals surface area contributed by atoms with Gasteiger partial charge in [-0.25, -0.2) is 0 Å². The van der Waals surface area contributed by atoms with Crippen LogP contribution in [0, 0.1) is 0 Å². The molecule has 0 aromatic heterocycles. The zero-order valence-electron chi connectivity index (χ0n) is 10.1. The Balaban J connectivity index is 2.44. The summed E-state index contributed by atoms with van der Waals surface area (Å²) >= 11 is 3.25. The van der Waals surface area contributed by atoms with Crippen molar-refractivity contribution < 1.29 is 19.5 Å². The molecule has 0 heterocycles. The zero-order valence-corrected chi connectivity index (χ0v) is 11.7. The van der Waals surface area contributed by atoms with Gasteiger partial charge >= 0.3 is 5.97 Å². The molecule has 7 heteroatoms. The van der Waals surface area contributed by atoms with E-state index in [-0.39, 0.29) is 6.54 Å². The quantitative estimate of drug-likeness (QED) is 0.743. The Labute approximate surface area is 118 Å². The maximum absolute atomic E-state index is 11.7. The van der Waals surface area contributed by atoms with Crippen LogP contribution in [-0.2, 0) is 9.59 Å². The van der Waals surface area contributed by atoms with Crippen molar-refractivity contribution in [2.75, 3.05) is 6.54 Å². The van der Waals surface area contributed by atoms with Crippen LogP contribution in [0.1, 0.15) is 17.3 Å². The third kappa shape index (κ3) is 5.09. The molecule has 102 valence electrons. The molecule has 0 bridgehead atoms. The lowest BCUT2D eigenvalue weighted by Crippen LogP contribution is -2.43. The van der Waals surface area contributed by atoms with Crippen LogP contribution in [0.15, 0.2) is 28.7 Å². The Morgan fingerprint density at radius 1 is 1.26 bits per heavy atom. The summed E-state index contributed by atoms with van der Waals surface area (Å²) in [5.41, 5.74) is 0.419. The fraction of sp³-hybridized carbons (Fsp3) is 0.250. The van der Waals surface area contributed by atoms with Gasteiger partial charge in [-0.3, -0.25) is 14.4 Å². The number of halogens is 1. The van der Waals surface area contributed by atoms with Gasteiger partial charge in [0.1, 0.15) is 6.04 Å². The Kier molecular flexibility index (Phi) is 5.50. The van der Waals surface area contributed by atoms with E-state index in [2.05, 4.69) is 26.6 Å². The highest BCUT2D eigenvalue weighted by Crippen LogP contribution is 2.10. The standard InChI is InChI=1S/C12H13BrN2O4/c1-7(12(18)19)15-10(16)6-14-11(17)8-2-4-9(13)5-3-8/h2-5,7H,6H2,1H3,(H,14,17)(H,15,16)(H,18,19). The van der Waals surface area contributed by atoms with E-state index in [1.165, 1.54) is 6.92 Å². The summed E-state index contributed by atoms with van der Waals surface area (Å²) in [5.74, 6) is -2.08. The summed E-state index contributed by atoms with van der Waals surface area (Å²) in [7, 11) is 0. The van der Waals surface area contributed by atoms with Crippen LogP contribution in [0.5, 0.6) is 0 Å². The number of hydrogen-bond acceptors (Lipinski definition) is 3. The van der Waals surface area contributed by atoms with Crippen molar-refractivity contribution in [2.24, 2.45) is 0 Å². The van der Waals surface area contributed by atoms with E-state index in [0.29, 0.717) is 5.56 Å². The zero-order chi connectivity index (χ0) is 14.4. The van der Waals surface area contributed by atoms with Gasteiger partial charge in [-0.15, -0.1) is 0 Å². The van der Waals surface area contributed by atoms with Crippen LogP contribution >= 0.6 is 15.9 Å². The first-order valence-electron chi connectivity index (χ1n) is 5.46. The molecule has 0 aliphatic heterocycles. The molecular weight excluding hydrogens is 316 g/mol. The summed E-state index contributed by atoms with van der Waals surface area (Å²) in [5, 5.41) is 13.2. The molecule has 0 fully saturated rings. The number of benzene rings is 1. The predicted octanol–water partition coefficient (Wildman–Crippen LogP) is 0.768. The van der Waals surface area contributed by atoms with E-state index < -0.39 is 23.8 Å². The van der Waals surface area contributed by atoms with Crippen molar-refractivity contribution in [1.82, 2.24) is 10.6 Å². The van der Waals surface area contributed by atoms with Gasteiger partial charge in [0.2, 0.25) is 5.91 Å². The Morgan fingerprint density at radius 2 is 1.84 bits per heavy atom. The summed E-state index contributed by atoms with van der Waals surface area (Å²) < 4.78 is 0.845. The smallest absolute Gasteiger partial charge is 0.325 e. The maximum atomic E-state index is 11.7. The molecule has 0 saturated heterocycles. The highest BCUT2D eigenvalue weighted by Gasteiger charge is 2.14. The maximum Gasteiger partial charge on any atom is 0.325 e. The minimum Gasteiger partial charge on any atom is -0.480 e. The molecule has 6 nitrogen and oxygen atoms in total. The average molecular weight is 329 g/mol. The fourth-order valence-corrected chi connectivity index (χ4v) is 1.48. The first-order valence-corrected chi connectivity index (χ1v) is 6.25. The third-order valence-electron chi connectivity index (χ3n) is 2.26. The minimum atomic E-state index is -1.13. The lowest BCUT2D eigenvalue weighted by atomic mass is 10.2. The van der Waals surface area contributed by atoms with Crippen molar-refractivity contribution in [1.29, 1.82) is 0 Å². The lowest BCUT2D eigenvalue weighted by molar-refractivity contribution is -0.141. The summed E-state index contributed by atoms with van der Waals surface area (Å²) in [6, 6.07) is 5.65. The molecule has 1 unspecified atom stereocenters. The van der Waals surface area contributed by atoms with Gasteiger partial charge in [0, 0.05) is 10.0 Å². The molecule has 0 saturated carbocycles. The van der Waals surface area contributed by atoms with Gasteiger partial charge in [-0.2, -0.15) is 0 Å². The van der Waals surface area contributed by atoms with Crippen molar-refractivity contribution in [3.05, 3.63) is 34.3 Å². The van der Waals surface area contributed by atoms with Gasteiger partial charge < -0.3 is 15.7 Å². The van der Waals surface area contributed by atoms with Crippen LogP contribution in [0.4, 0.5) is 0 Å². The average Bonchev–Trinajstić information content (AvgIpc) is 2.36. The largest absolute Gasteiger partial charge is 0.480 e. The second-order valence-corrected chi connectivity index (χ2v) is 4.73. The minimum absolute atomic E-state index is 0.271. The number of amides is 2. The molecule has 1 rings (SSSR count). The SMILES string of the molecule is CC(NC(=O)CNC(=O)c1ccc(Br)cc1)C(=O)O. The van der Waals surface area contributed by atoms with Gasteiger partial charge in [0.05, 0.1) is 6.54 Å². The topological polar surface area (TPSA) is 95.5 Å². The second kappa shape index (κ2) is 6.89. The molecular formula is C12H13BrN2O4. The summed E-state index contributed by atoms with van der Waals surface area (Å²) in [6.45, 7) is 1.07. The van der Waals surface area contributed by atoms with Crippen molar-refractivity contribution >= 4 is 33.7 Å². The Bertz CT molecular complexity index is 487. The fourth-order valence-electron chi connectivity index (χ4n) is 1.22. The molecule has 0 aliphatic carbocycles. The molecule has 2 amide bonds. The molecule has 1 aromatic rings. The molecule has 0 aliphatic rings. The third-order valence-corrected chi connectivity index (χ3v) is 2.79. The molecule has 1 atom stereocenters. The van der Waals surface area contributed by atoms with Crippen LogP contribution in [0.3, 0.4) is 0 Å². The van der Waals surface area contributed by atoms with Gasteiger partial charge in [-0.1, -0.05) is 15.9 Å². The second-order valence-electron chi connectivity index (χ2n) is 3.82. The summed E-state index contributed by atoms with van der Waals surface area (Å²) in [4.78, 5) is 33.5. The van der Waals surface area contributed by atoms with E-state index >= 15 is 0 Å². The monoisotopic (exact) mass is 328 g/mol. The van der Waals surface area contributed by atoms with Crippen molar-refractivity contribution in [3.8, 4) is 0 Å². The van der Waals surface area contributed by atoms with Crippen LogP contribution < -0.4 is 10.6 Å². The van der Waals surface area contributed by atoms with Crippen LogP contribution in [0.2, 0.25) is 0 Å². The van der Waals surface area contributed by atoms with E-state index in [9.17, 15) is 14.4 Å². The number of carboxylic acids is 1. The molecule has 1 aromatic carbocycles. The number of hydrogen-bond donors (Lipinski definition) is 3. The van der Waals surface area contributed by atoms with E-state index in [4.69, 9.17) is 5.11 Å². The molecule has 0 spiro atoms. The highest BCUT2D eigenvalue weighted by molar-refractivity contribution is 9.10. The van der Waals surface area contributed by atoms with Crippen molar-refractivity contribution in [3.63, 3.8) is 0 Å². The molecule has 19 heavy (non-hydrogen) atoms. The Morgan fingerprint density at radius 3 is 2.37 bits per heavy atom. The molecule has 3 N–H and O–H groups in total. The van der Waals surface area contributed by atoms with Crippen LogP contribution in [0.25, 0.3) is 0 Å². The normalized spacial score (nSPS) is 11.5. The van der Waals surface area contributed by atoms with E-state index in [1.807, 2.05) is 0 Å². The summed E-state index contributed by atoms with van der Waals surface area (Å²) in [6.07, 6.45) is 0. The number of carbonyl (C=O) groups excluding carboxylic acids is 2. The first kappa shape index (κ1) is 15.2. The van der Waals surface area contributed by atoms with Gasteiger partial charge in [-0.05, 0) is 31.2 Å². The van der Waals surface area contributed by atoms with Crippen LogP contribution in [-0.4, -0.2) is 35.5 Å². The Hall–Kier alpha value is -1.89. The van der Waals surface area contributed by atoms with Crippen molar-refractivity contribution in [2.45, 2.75) is 13.0 Å². The van der Waals surface area contributed by atoms with E-state index in [1.54, 1.807) is 24.3 Å². The number of rotatable bonds is 5. The number of aliphatic carboxylic acids is 1. The van der Waals surface area contributed by atoms with Gasteiger partial charge in [0.15, 0.2) is 0 Å². The highest BCUT2D eigenvalue weighted by atomic mass is 79.9. The first-order chi connectivity index (χ1) is 8.90. The molecule has 0 radical (unpaired) electrons. The van der Waals surface area contributed by atoms with Gasteiger partial charge in [0.25, 0.3) is 5.91 Å². The number of carbonyl (C=O) groups is 3. The van der Waals surface area contributed by atoms with E-state index in [0.717, 1.165) is 4.47 Å². The number of carboxylic acid groups (broad SMARTS) is 1. The number of nitrogens with one attached hydrogen (secondary N) is 2. The predicted molar refractivity (Wildman–Crippen MR) is 71.7 cm³/mol.